The SMILES string of the molecule is CC(Sc1nnc(NCc2ccccc2)s1)C(=O)Nc1ccc(N(C)C)cc1. The minimum Gasteiger partial charge on any atom is -0.378 e. The van der Waals surface area contributed by atoms with Crippen LogP contribution in [0.25, 0.3) is 0 Å². The average Bonchev–Trinajstić information content (AvgIpc) is 3.15. The normalized spacial score (nSPS) is 11.7. The first-order chi connectivity index (χ1) is 13.5. The van der Waals surface area contributed by atoms with Gasteiger partial charge in [-0.3, -0.25) is 4.79 Å². The Morgan fingerprint density at radius 2 is 1.82 bits per heavy atom. The number of anilines is 3. The summed E-state index contributed by atoms with van der Waals surface area (Å²) in [5.41, 5.74) is 3.05. The Labute approximate surface area is 173 Å². The molecule has 0 aliphatic heterocycles. The summed E-state index contributed by atoms with van der Waals surface area (Å²) >= 11 is 2.86. The molecule has 0 saturated carbocycles. The monoisotopic (exact) mass is 413 g/mol. The molecule has 0 aliphatic rings. The van der Waals surface area contributed by atoms with E-state index < -0.39 is 0 Å². The molecule has 0 saturated heterocycles. The standard InChI is InChI=1S/C20H23N5OS2/c1-14(18(26)22-16-9-11-17(12-10-16)25(2)3)27-20-24-23-19(28-20)21-13-15-7-5-4-6-8-15/h4-12,14H,13H2,1-3H3,(H,21,23)(H,22,26). The lowest BCUT2D eigenvalue weighted by Crippen LogP contribution is -2.22. The molecule has 0 spiro atoms. The second-order valence-electron chi connectivity index (χ2n) is 6.40. The average molecular weight is 414 g/mol. The molecule has 0 radical (unpaired) electrons. The molecule has 1 aromatic heterocycles. The van der Waals surface area contributed by atoms with E-state index in [2.05, 4.69) is 33.0 Å². The number of nitrogens with zero attached hydrogens (tertiary/aromatic N) is 3. The van der Waals surface area contributed by atoms with E-state index in [-0.39, 0.29) is 11.2 Å². The van der Waals surface area contributed by atoms with Crippen LogP contribution < -0.4 is 15.5 Å². The molecule has 3 rings (SSSR count). The van der Waals surface area contributed by atoms with E-state index in [0.29, 0.717) is 6.54 Å². The largest absolute Gasteiger partial charge is 0.378 e. The number of benzene rings is 2. The third-order valence-corrected chi connectivity index (χ3v) is 6.06. The Bertz CT molecular complexity index is 896. The predicted molar refractivity (Wildman–Crippen MR) is 118 cm³/mol. The smallest absolute Gasteiger partial charge is 0.237 e. The van der Waals surface area contributed by atoms with Gasteiger partial charge in [-0.25, -0.2) is 0 Å². The van der Waals surface area contributed by atoms with Crippen LogP contribution in [0.3, 0.4) is 0 Å². The summed E-state index contributed by atoms with van der Waals surface area (Å²) in [5, 5.41) is 15.0. The number of carbonyl (C=O) groups excluding carboxylic acids is 1. The molecule has 8 heteroatoms. The number of nitrogens with one attached hydrogen (secondary N) is 2. The van der Waals surface area contributed by atoms with Gasteiger partial charge in [0.15, 0.2) is 4.34 Å². The summed E-state index contributed by atoms with van der Waals surface area (Å²) in [6, 6.07) is 17.9. The zero-order valence-electron chi connectivity index (χ0n) is 16.0. The molecule has 0 aliphatic carbocycles. The van der Waals surface area contributed by atoms with Crippen LogP contribution in [0.2, 0.25) is 0 Å². The molecule has 3 aromatic rings. The first-order valence-corrected chi connectivity index (χ1v) is 10.6. The van der Waals surface area contributed by atoms with Crippen molar-refractivity contribution >= 4 is 45.5 Å². The number of amides is 1. The molecule has 146 valence electrons. The Hall–Kier alpha value is -2.58. The van der Waals surface area contributed by atoms with E-state index in [1.54, 1.807) is 0 Å². The van der Waals surface area contributed by atoms with Gasteiger partial charge < -0.3 is 15.5 Å². The van der Waals surface area contributed by atoms with Gasteiger partial charge in [0, 0.05) is 32.0 Å². The van der Waals surface area contributed by atoms with E-state index in [1.165, 1.54) is 28.7 Å². The molecule has 1 atom stereocenters. The van der Waals surface area contributed by atoms with Gasteiger partial charge in [0.2, 0.25) is 11.0 Å². The maximum absolute atomic E-state index is 12.5. The molecular formula is C20H23N5OS2. The molecule has 2 aromatic carbocycles. The van der Waals surface area contributed by atoms with E-state index in [1.807, 2.05) is 68.4 Å². The summed E-state index contributed by atoms with van der Waals surface area (Å²) in [6.45, 7) is 2.56. The van der Waals surface area contributed by atoms with Crippen LogP contribution in [-0.4, -0.2) is 35.4 Å². The highest BCUT2D eigenvalue weighted by atomic mass is 32.2. The Morgan fingerprint density at radius 1 is 1.11 bits per heavy atom. The number of thioether (sulfide) groups is 1. The molecule has 28 heavy (non-hydrogen) atoms. The zero-order valence-corrected chi connectivity index (χ0v) is 17.7. The van der Waals surface area contributed by atoms with Gasteiger partial charge in [0.1, 0.15) is 0 Å². The minimum absolute atomic E-state index is 0.0587. The van der Waals surface area contributed by atoms with E-state index in [9.17, 15) is 4.79 Å². The fraction of sp³-hybridized carbons (Fsp3) is 0.250. The van der Waals surface area contributed by atoms with Crippen molar-refractivity contribution in [2.24, 2.45) is 0 Å². The Kier molecular flexibility index (Phi) is 6.89. The van der Waals surface area contributed by atoms with Crippen LogP contribution in [0, 0.1) is 0 Å². The van der Waals surface area contributed by atoms with Crippen LogP contribution in [0.15, 0.2) is 58.9 Å². The summed E-state index contributed by atoms with van der Waals surface area (Å²) in [6.07, 6.45) is 0. The van der Waals surface area contributed by atoms with Crippen LogP contribution in [0.4, 0.5) is 16.5 Å². The van der Waals surface area contributed by atoms with Gasteiger partial charge in [0.05, 0.1) is 5.25 Å². The number of rotatable bonds is 8. The molecule has 0 fully saturated rings. The van der Waals surface area contributed by atoms with Crippen LogP contribution in [0.1, 0.15) is 12.5 Å². The van der Waals surface area contributed by atoms with E-state index in [0.717, 1.165) is 20.8 Å². The van der Waals surface area contributed by atoms with Crippen molar-refractivity contribution in [1.82, 2.24) is 10.2 Å². The van der Waals surface area contributed by atoms with Gasteiger partial charge in [-0.05, 0) is 36.8 Å². The van der Waals surface area contributed by atoms with Crippen molar-refractivity contribution < 1.29 is 4.79 Å². The fourth-order valence-electron chi connectivity index (χ4n) is 2.39. The molecular weight excluding hydrogens is 390 g/mol. The maximum Gasteiger partial charge on any atom is 0.237 e. The maximum atomic E-state index is 12.5. The predicted octanol–water partition coefficient (Wildman–Crippen LogP) is 4.34. The molecule has 6 nitrogen and oxygen atoms in total. The minimum atomic E-state index is -0.275. The molecule has 0 bridgehead atoms. The molecule has 1 amide bonds. The third-order valence-electron chi connectivity index (χ3n) is 3.99. The molecule has 1 unspecified atom stereocenters. The quantitative estimate of drug-likeness (QED) is 0.536. The summed E-state index contributed by atoms with van der Waals surface area (Å²) in [5.74, 6) is -0.0587. The van der Waals surface area contributed by atoms with Gasteiger partial charge in [-0.2, -0.15) is 0 Å². The van der Waals surface area contributed by atoms with Crippen LogP contribution in [0.5, 0.6) is 0 Å². The summed E-state index contributed by atoms with van der Waals surface area (Å²) in [4.78, 5) is 14.5. The topological polar surface area (TPSA) is 70.1 Å². The van der Waals surface area contributed by atoms with Crippen molar-refractivity contribution in [3.8, 4) is 0 Å². The summed E-state index contributed by atoms with van der Waals surface area (Å²) in [7, 11) is 3.97. The van der Waals surface area contributed by atoms with Crippen molar-refractivity contribution in [2.45, 2.75) is 23.1 Å². The Morgan fingerprint density at radius 3 is 2.50 bits per heavy atom. The van der Waals surface area contributed by atoms with Crippen molar-refractivity contribution in [2.75, 3.05) is 29.6 Å². The van der Waals surface area contributed by atoms with Gasteiger partial charge in [0.25, 0.3) is 0 Å². The highest BCUT2D eigenvalue weighted by molar-refractivity contribution is 8.02. The zero-order chi connectivity index (χ0) is 19.9. The fourth-order valence-corrected chi connectivity index (χ4v) is 4.29. The first kappa shape index (κ1) is 20.2. The summed E-state index contributed by atoms with van der Waals surface area (Å²) < 4.78 is 0.765. The lowest BCUT2D eigenvalue weighted by Gasteiger charge is -2.14. The van der Waals surface area contributed by atoms with E-state index in [4.69, 9.17) is 0 Å². The van der Waals surface area contributed by atoms with Gasteiger partial charge in [-0.15, -0.1) is 10.2 Å². The first-order valence-electron chi connectivity index (χ1n) is 8.87. The number of hydrogen-bond acceptors (Lipinski definition) is 7. The van der Waals surface area contributed by atoms with Crippen molar-refractivity contribution in [3.05, 3.63) is 60.2 Å². The van der Waals surface area contributed by atoms with Crippen molar-refractivity contribution in [1.29, 1.82) is 0 Å². The number of carbonyl (C=O) groups is 1. The lowest BCUT2D eigenvalue weighted by atomic mass is 10.2. The van der Waals surface area contributed by atoms with Crippen LogP contribution in [-0.2, 0) is 11.3 Å². The highest BCUT2D eigenvalue weighted by Crippen LogP contribution is 2.29. The van der Waals surface area contributed by atoms with E-state index >= 15 is 0 Å². The van der Waals surface area contributed by atoms with Gasteiger partial charge >= 0.3 is 0 Å². The van der Waals surface area contributed by atoms with Crippen LogP contribution >= 0.6 is 23.1 Å². The number of hydrogen-bond donors (Lipinski definition) is 2. The Balaban J connectivity index is 1.50. The third kappa shape index (κ3) is 5.71. The van der Waals surface area contributed by atoms with Crippen molar-refractivity contribution in [3.63, 3.8) is 0 Å². The second-order valence-corrected chi connectivity index (χ2v) is 8.97. The molecule has 1 heterocycles. The second kappa shape index (κ2) is 9.57. The highest BCUT2D eigenvalue weighted by Gasteiger charge is 2.17. The lowest BCUT2D eigenvalue weighted by molar-refractivity contribution is -0.115. The molecule has 2 N–H and O–H groups in total. The number of aromatic nitrogens is 2. The van der Waals surface area contributed by atoms with Gasteiger partial charge in [-0.1, -0.05) is 53.4 Å².